The summed E-state index contributed by atoms with van der Waals surface area (Å²) in [6.07, 6.45) is 11.3. The summed E-state index contributed by atoms with van der Waals surface area (Å²) in [7, 11) is 1.71. The summed E-state index contributed by atoms with van der Waals surface area (Å²) in [5.41, 5.74) is 7.34. The molecular formula is C43H52O7. The quantitative estimate of drug-likeness (QED) is 0.154. The molecule has 0 saturated heterocycles. The molecule has 7 rings (SSSR count). The van der Waals surface area contributed by atoms with Crippen molar-refractivity contribution in [3.05, 3.63) is 64.2 Å². The Hall–Kier alpha value is -3.86. The maximum atomic E-state index is 11.9. The molecule has 3 aromatic rings. The van der Waals surface area contributed by atoms with E-state index in [1.54, 1.807) is 7.11 Å². The summed E-state index contributed by atoms with van der Waals surface area (Å²) in [6.45, 7) is 6.72. The lowest BCUT2D eigenvalue weighted by atomic mass is 9.72. The summed E-state index contributed by atoms with van der Waals surface area (Å²) < 4.78 is 25.4. The fourth-order valence-corrected chi connectivity index (χ4v) is 8.78. The van der Waals surface area contributed by atoms with Crippen LogP contribution < -0.4 is 18.9 Å². The number of phenols is 1. The van der Waals surface area contributed by atoms with Crippen LogP contribution in [-0.4, -0.2) is 41.2 Å². The van der Waals surface area contributed by atoms with Gasteiger partial charge in [0.15, 0.2) is 11.5 Å². The molecule has 1 saturated carbocycles. The Morgan fingerprint density at radius 1 is 1.00 bits per heavy atom. The van der Waals surface area contributed by atoms with Crippen LogP contribution >= 0.6 is 0 Å². The fourth-order valence-electron chi connectivity index (χ4n) is 8.78. The van der Waals surface area contributed by atoms with Crippen molar-refractivity contribution in [2.75, 3.05) is 13.7 Å². The average molecular weight is 681 g/mol. The lowest BCUT2D eigenvalue weighted by molar-refractivity contribution is 0.0195. The highest BCUT2D eigenvalue weighted by molar-refractivity contribution is 5.83. The molecule has 2 aliphatic heterocycles. The van der Waals surface area contributed by atoms with Crippen molar-refractivity contribution >= 4 is 0 Å². The maximum Gasteiger partial charge on any atom is 0.182 e. The number of ether oxygens (including phenoxy) is 4. The van der Waals surface area contributed by atoms with Gasteiger partial charge in [-0.25, -0.2) is 0 Å². The number of unbranched alkanes of at least 4 members (excludes halogenated alkanes) is 2. The van der Waals surface area contributed by atoms with Gasteiger partial charge in [-0.1, -0.05) is 52.0 Å². The van der Waals surface area contributed by atoms with Crippen molar-refractivity contribution in [2.24, 2.45) is 17.8 Å². The molecule has 266 valence electrons. The van der Waals surface area contributed by atoms with Crippen LogP contribution in [-0.2, 0) is 19.3 Å². The molecule has 3 N–H and O–H groups in total. The lowest BCUT2D eigenvalue weighted by Gasteiger charge is -2.38. The van der Waals surface area contributed by atoms with Gasteiger partial charge in [0.2, 0.25) is 0 Å². The van der Waals surface area contributed by atoms with Crippen molar-refractivity contribution in [2.45, 2.75) is 116 Å². The summed E-state index contributed by atoms with van der Waals surface area (Å²) >= 11 is 0. The monoisotopic (exact) mass is 680 g/mol. The predicted molar refractivity (Wildman–Crippen MR) is 194 cm³/mol. The van der Waals surface area contributed by atoms with Crippen LogP contribution in [0.25, 0.3) is 11.1 Å². The number of aliphatic hydroxyl groups is 2. The first-order valence-electron chi connectivity index (χ1n) is 18.8. The van der Waals surface area contributed by atoms with Gasteiger partial charge in [0.25, 0.3) is 0 Å². The van der Waals surface area contributed by atoms with E-state index >= 15 is 0 Å². The summed E-state index contributed by atoms with van der Waals surface area (Å²) in [5.74, 6) is 7.27. The molecule has 0 bridgehead atoms. The Labute approximate surface area is 296 Å². The fraction of sp³-hybridized carbons (Fsp3) is 0.535. The first kappa shape index (κ1) is 34.6. The molecule has 0 spiro atoms. The molecule has 50 heavy (non-hydrogen) atoms. The van der Waals surface area contributed by atoms with Crippen molar-refractivity contribution in [1.29, 1.82) is 0 Å². The highest BCUT2D eigenvalue weighted by Crippen LogP contribution is 2.54. The van der Waals surface area contributed by atoms with Crippen molar-refractivity contribution < 1.29 is 34.3 Å². The molecule has 2 aliphatic carbocycles. The van der Waals surface area contributed by atoms with Gasteiger partial charge in [-0.3, -0.25) is 0 Å². The zero-order valence-corrected chi connectivity index (χ0v) is 30.0. The first-order chi connectivity index (χ1) is 24.3. The van der Waals surface area contributed by atoms with Crippen LogP contribution in [0.4, 0.5) is 0 Å². The lowest BCUT2D eigenvalue weighted by Crippen LogP contribution is -2.35. The third-order valence-electron chi connectivity index (χ3n) is 11.3. The van der Waals surface area contributed by atoms with Crippen LogP contribution in [0.1, 0.15) is 112 Å². The van der Waals surface area contributed by atoms with Crippen molar-refractivity contribution in [3.8, 4) is 51.9 Å². The molecule has 1 fully saturated rings. The largest absolute Gasteiger partial charge is 0.508 e. The SMILES string of the molecule is CCCCCC1Cc2cc(O)c(CC(C)C)cc2-c2c(OC)cc3c(c21)CC(O)C(c1ccc2c(c1)OC1CC(CO)CCC1CC#CO2)O3. The molecule has 2 heterocycles. The number of benzene rings is 3. The molecule has 6 atom stereocenters. The van der Waals surface area contributed by atoms with Gasteiger partial charge in [0, 0.05) is 42.6 Å². The molecule has 7 heteroatoms. The standard InChI is InChI=1S/C43H52O7/c1-5-6-7-9-28-18-30-20-34(45)31(16-25(2)3)19-32(30)42-40(47-4)23-38-33(41(28)42)22-35(46)43(50-38)29-13-14-36-39(21-29)49-37-17-26(24-44)11-12-27(37)10-8-15-48-36/h13-14,19-21,23,25-28,35,37,43-46H,5-7,9-12,16-18,22,24H2,1-4H3. The van der Waals surface area contributed by atoms with E-state index in [4.69, 9.17) is 18.9 Å². The number of rotatable bonds is 9. The molecule has 7 nitrogen and oxygen atoms in total. The van der Waals surface area contributed by atoms with Crippen LogP contribution in [0, 0.1) is 29.8 Å². The van der Waals surface area contributed by atoms with Crippen LogP contribution in [0.2, 0.25) is 0 Å². The van der Waals surface area contributed by atoms with Crippen LogP contribution in [0.3, 0.4) is 0 Å². The van der Waals surface area contributed by atoms with E-state index in [1.807, 2.05) is 30.3 Å². The highest BCUT2D eigenvalue weighted by Gasteiger charge is 2.39. The Morgan fingerprint density at radius 3 is 2.64 bits per heavy atom. The number of hydrogen-bond donors (Lipinski definition) is 3. The first-order valence-corrected chi connectivity index (χ1v) is 18.8. The van der Waals surface area contributed by atoms with Crippen molar-refractivity contribution in [3.63, 3.8) is 0 Å². The van der Waals surface area contributed by atoms with Crippen LogP contribution in [0.5, 0.6) is 28.7 Å². The molecule has 0 amide bonds. The van der Waals surface area contributed by atoms with E-state index < -0.39 is 12.2 Å². The summed E-state index contributed by atoms with van der Waals surface area (Å²) in [5, 5.41) is 32.8. The number of methoxy groups -OCH3 is 1. The molecule has 3 aromatic carbocycles. The topological polar surface area (TPSA) is 97.6 Å². The Kier molecular flexibility index (Phi) is 10.2. The minimum atomic E-state index is -0.787. The van der Waals surface area contributed by atoms with E-state index in [9.17, 15) is 15.3 Å². The van der Waals surface area contributed by atoms with Gasteiger partial charge in [-0.15, -0.1) is 0 Å². The van der Waals surface area contributed by atoms with Crippen molar-refractivity contribution in [1.82, 2.24) is 0 Å². The Balaban J connectivity index is 1.27. The van der Waals surface area contributed by atoms with Gasteiger partial charge in [0.1, 0.15) is 35.6 Å². The number of hydrogen-bond acceptors (Lipinski definition) is 7. The maximum absolute atomic E-state index is 11.9. The van der Waals surface area contributed by atoms with E-state index in [-0.39, 0.29) is 30.5 Å². The summed E-state index contributed by atoms with van der Waals surface area (Å²) in [6, 6.07) is 11.9. The van der Waals surface area contributed by atoms with Crippen LogP contribution in [0.15, 0.2) is 36.4 Å². The van der Waals surface area contributed by atoms with Gasteiger partial charge in [-0.05, 0) is 108 Å². The third-order valence-corrected chi connectivity index (χ3v) is 11.3. The Morgan fingerprint density at radius 2 is 1.86 bits per heavy atom. The zero-order valence-electron chi connectivity index (χ0n) is 30.0. The highest BCUT2D eigenvalue weighted by atomic mass is 16.5. The number of aromatic hydroxyl groups is 1. The number of aliphatic hydroxyl groups excluding tert-OH is 2. The summed E-state index contributed by atoms with van der Waals surface area (Å²) in [4.78, 5) is 0. The van der Waals surface area contributed by atoms with Gasteiger partial charge >= 0.3 is 0 Å². The second kappa shape index (κ2) is 14.8. The third kappa shape index (κ3) is 6.77. The van der Waals surface area contributed by atoms with E-state index in [0.717, 1.165) is 103 Å². The van der Waals surface area contributed by atoms with Gasteiger partial charge in [0.05, 0.1) is 13.2 Å². The molecule has 6 unspecified atom stereocenters. The number of fused-ring (bicyclic) bond motifs is 7. The predicted octanol–water partition coefficient (Wildman–Crippen LogP) is 8.42. The number of phenolic OH excluding ortho intramolecular Hbond substituents is 1. The molecular weight excluding hydrogens is 628 g/mol. The smallest absolute Gasteiger partial charge is 0.182 e. The normalized spacial score (nSPS) is 24.9. The van der Waals surface area contributed by atoms with E-state index in [0.29, 0.717) is 36.0 Å². The molecule has 0 aromatic heterocycles. The Bertz CT molecular complexity index is 1770. The van der Waals surface area contributed by atoms with Gasteiger partial charge in [-0.2, -0.15) is 0 Å². The zero-order chi connectivity index (χ0) is 34.9. The van der Waals surface area contributed by atoms with Gasteiger partial charge < -0.3 is 34.3 Å². The van der Waals surface area contributed by atoms with E-state index in [1.165, 1.54) is 5.56 Å². The molecule has 0 radical (unpaired) electrons. The average Bonchev–Trinajstić information content (AvgIpc) is 3.19. The minimum absolute atomic E-state index is 0.0740. The second-order valence-electron chi connectivity index (χ2n) is 15.4. The molecule has 4 aliphatic rings. The van der Waals surface area contributed by atoms with E-state index in [2.05, 4.69) is 38.9 Å². The minimum Gasteiger partial charge on any atom is -0.508 e. The second-order valence-corrected chi connectivity index (χ2v) is 15.4.